The van der Waals surface area contributed by atoms with Crippen LogP contribution in [-0.4, -0.2) is 48.5 Å². The van der Waals surface area contributed by atoms with Crippen LogP contribution in [-0.2, 0) is 23.1 Å². The summed E-state index contributed by atoms with van der Waals surface area (Å²) in [6.45, 7) is 21.9. The lowest BCUT2D eigenvalue weighted by atomic mass is 9.66. The van der Waals surface area contributed by atoms with E-state index in [9.17, 15) is 9.36 Å². The van der Waals surface area contributed by atoms with Gasteiger partial charge < -0.3 is 18.6 Å². The first kappa shape index (κ1) is 30.7. The molecule has 0 heterocycles. The summed E-state index contributed by atoms with van der Waals surface area (Å²) in [5.74, 6) is 0.174. The Morgan fingerprint density at radius 2 is 1.65 bits per heavy atom. The Kier molecular flexibility index (Phi) is 11.8. The lowest BCUT2D eigenvalue weighted by molar-refractivity contribution is -0.144. The van der Waals surface area contributed by atoms with E-state index in [0.717, 1.165) is 5.56 Å². The lowest BCUT2D eigenvalue weighted by Gasteiger charge is -2.41. The molecule has 0 N–H and O–H groups in total. The Bertz CT molecular complexity index is 858. The minimum absolute atomic E-state index is 0.0559. The van der Waals surface area contributed by atoms with Gasteiger partial charge in [0.05, 0.1) is 26.5 Å². The van der Waals surface area contributed by atoms with Crippen molar-refractivity contribution in [1.29, 1.82) is 0 Å². The number of benzene rings is 1. The number of nitrogens with zero attached hydrogens (tertiary/aromatic N) is 1. The second-order valence-electron chi connectivity index (χ2n) is 10.00. The van der Waals surface area contributed by atoms with Crippen molar-refractivity contribution in [3.8, 4) is 0 Å². The fraction of sp³-hybridized carbons (Fsp3) is 0.692. The third-order valence-electron chi connectivity index (χ3n) is 6.00. The first-order chi connectivity index (χ1) is 15.8. The standard InChI is InChI=1S/C26H42NO5PS/c1-10-31-33(29,32-11-2)17-18-34-26(7,23(28)30-9)20-24(3,4)22(19-25(5,6)27-8)21-15-13-12-14-16-21/h12-16,22H,10-11,17-20H2,1-7,9H3. The highest BCUT2D eigenvalue weighted by atomic mass is 32.2. The summed E-state index contributed by atoms with van der Waals surface area (Å²) in [4.78, 5) is 16.8. The normalized spacial score (nSPS) is 15.3. The van der Waals surface area contributed by atoms with Crippen LogP contribution in [0.4, 0.5) is 0 Å². The summed E-state index contributed by atoms with van der Waals surface area (Å²) in [5.41, 5.74) is 0.287. The molecule has 0 saturated carbocycles. The van der Waals surface area contributed by atoms with Gasteiger partial charge in [0.2, 0.25) is 5.54 Å². The molecular formula is C26H42NO5PS. The highest BCUT2D eigenvalue weighted by molar-refractivity contribution is 8.01. The minimum Gasteiger partial charge on any atom is -0.468 e. The van der Waals surface area contributed by atoms with Gasteiger partial charge in [0, 0.05) is 26.0 Å². The van der Waals surface area contributed by atoms with Crippen LogP contribution >= 0.6 is 19.4 Å². The van der Waals surface area contributed by atoms with Crippen molar-refractivity contribution in [2.24, 2.45) is 5.41 Å². The summed E-state index contributed by atoms with van der Waals surface area (Å²) in [5, 5.41) is 0. The zero-order valence-corrected chi connectivity index (χ0v) is 23.8. The molecular weight excluding hydrogens is 469 g/mol. The number of carbonyl (C=O) groups excluding carboxylic acids is 1. The highest BCUT2D eigenvalue weighted by Gasteiger charge is 2.46. The third-order valence-corrected chi connectivity index (χ3v) is 9.73. The first-order valence-electron chi connectivity index (χ1n) is 11.8. The summed E-state index contributed by atoms with van der Waals surface area (Å²) in [7, 11) is -1.80. The van der Waals surface area contributed by atoms with Gasteiger partial charge in [-0.25, -0.2) is 6.57 Å². The predicted molar refractivity (Wildman–Crippen MR) is 141 cm³/mol. The SMILES string of the molecule is [C-]#[N+]C(C)(C)CC(c1ccccc1)C(C)(C)CC(C)(SCCP(=O)(OCC)OCC)C(=O)OC. The van der Waals surface area contributed by atoms with Gasteiger partial charge in [-0.2, -0.15) is 0 Å². The van der Waals surface area contributed by atoms with Gasteiger partial charge in [-0.1, -0.05) is 44.2 Å². The number of thioether (sulfide) groups is 1. The third kappa shape index (κ3) is 9.04. The van der Waals surface area contributed by atoms with Crippen LogP contribution in [0.2, 0.25) is 0 Å². The molecule has 34 heavy (non-hydrogen) atoms. The van der Waals surface area contributed by atoms with Gasteiger partial charge in [0.15, 0.2) is 0 Å². The molecule has 1 aromatic carbocycles. The predicted octanol–water partition coefficient (Wildman–Crippen LogP) is 7.21. The van der Waals surface area contributed by atoms with Gasteiger partial charge in [-0.05, 0) is 44.1 Å². The van der Waals surface area contributed by atoms with E-state index in [0.29, 0.717) is 31.8 Å². The smallest absolute Gasteiger partial charge is 0.331 e. The number of methoxy groups -OCH3 is 1. The molecule has 0 amide bonds. The lowest BCUT2D eigenvalue weighted by Crippen LogP contribution is -2.41. The fourth-order valence-corrected chi connectivity index (χ4v) is 7.91. The van der Waals surface area contributed by atoms with Crippen molar-refractivity contribution in [1.82, 2.24) is 0 Å². The van der Waals surface area contributed by atoms with E-state index in [4.69, 9.17) is 20.4 Å². The highest BCUT2D eigenvalue weighted by Crippen LogP contribution is 2.52. The molecule has 6 nitrogen and oxygen atoms in total. The zero-order valence-electron chi connectivity index (χ0n) is 22.1. The van der Waals surface area contributed by atoms with Crippen LogP contribution in [0.25, 0.3) is 4.85 Å². The van der Waals surface area contributed by atoms with Crippen LogP contribution in [0, 0.1) is 12.0 Å². The van der Waals surface area contributed by atoms with E-state index in [-0.39, 0.29) is 23.5 Å². The van der Waals surface area contributed by atoms with E-state index in [1.165, 1.54) is 18.9 Å². The molecule has 0 aromatic heterocycles. The van der Waals surface area contributed by atoms with Crippen molar-refractivity contribution < 1.29 is 23.1 Å². The molecule has 1 rings (SSSR count). The number of ether oxygens (including phenoxy) is 1. The van der Waals surface area contributed by atoms with Crippen molar-refractivity contribution in [2.45, 2.75) is 77.5 Å². The first-order valence-corrected chi connectivity index (χ1v) is 14.5. The molecule has 192 valence electrons. The number of hydrogen-bond donors (Lipinski definition) is 0. The van der Waals surface area contributed by atoms with E-state index in [2.05, 4.69) is 30.8 Å². The Morgan fingerprint density at radius 3 is 2.12 bits per heavy atom. The number of rotatable bonds is 15. The van der Waals surface area contributed by atoms with Crippen molar-refractivity contribution >= 4 is 25.3 Å². The molecule has 0 bridgehead atoms. The van der Waals surface area contributed by atoms with Crippen molar-refractivity contribution in [3.05, 3.63) is 47.3 Å². The molecule has 2 atom stereocenters. The summed E-state index contributed by atoms with van der Waals surface area (Å²) in [6.07, 6.45) is 1.41. The van der Waals surface area contributed by atoms with Gasteiger partial charge in [-0.3, -0.25) is 9.36 Å². The molecule has 0 aliphatic rings. The average molecular weight is 512 g/mol. The topological polar surface area (TPSA) is 66.2 Å². The monoisotopic (exact) mass is 511 g/mol. The van der Waals surface area contributed by atoms with E-state index in [1.54, 1.807) is 13.8 Å². The molecule has 1 aromatic rings. The maximum absolute atomic E-state index is 13.0. The molecule has 0 radical (unpaired) electrons. The minimum atomic E-state index is -3.20. The van der Waals surface area contributed by atoms with Gasteiger partial charge in [0.25, 0.3) is 0 Å². The Morgan fingerprint density at radius 1 is 1.09 bits per heavy atom. The number of carbonyl (C=O) groups is 1. The van der Waals surface area contributed by atoms with Crippen LogP contribution in [0.15, 0.2) is 30.3 Å². The molecule has 0 aliphatic carbocycles. The van der Waals surface area contributed by atoms with Crippen molar-refractivity contribution in [3.63, 3.8) is 0 Å². The van der Waals surface area contributed by atoms with Gasteiger partial charge in [0.1, 0.15) is 4.75 Å². The second kappa shape index (κ2) is 13.1. The van der Waals surface area contributed by atoms with E-state index >= 15 is 0 Å². The van der Waals surface area contributed by atoms with E-state index < -0.39 is 17.9 Å². The molecule has 0 fully saturated rings. The molecule has 2 unspecified atom stereocenters. The Balaban J connectivity index is 3.22. The molecule has 0 aliphatic heterocycles. The van der Waals surface area contributed by atoms with E-state index in [1.807, 2.05) is 39.0 Å². The molecule has 8 heteroatoms. The molecule has 0 spiro atoms. The van der Waals surface area contributed by atoms with Gasteiger partial charge in [-0.15, -0.1) is 11.8 Å². The number of esters is 1. The maximum atomic E-state index is 13.0. The van der Waals surface area contributed by atoms with Gasteiger partial charge >= 0.3 is 13.6 Å². The average Bonchev–Trinajstić information content (AvgIpc) is 2.77. The largest absolute Gasteiger partial charge is 0.468 e. The zero-order chi connectivity index (χ0) is 26.0. The Labute approximate surface area is 210 Å². The quantitative estimate of drug-likeness (QED) is 0.141. The van der Waals surface area contributed by atoms with Crippen LogP contribution in [0.1, 0.15) is 72.8 Å². The van der Waals surface area contributed by atoms with Crippen LogP contribution < -0.4 is 0 Å². The fourth-order valence-electron chi connectivity index (χ4n) is 4.41. The summed E-state index contributed by atoms with van der Waals surface area (Å²) < 4.78 is 28.1. The maximum Gasteiger partial charge on any atom is 0.331 e. The van der Waals surface area contributed by atoms with Crippen LogP contribution in [0.5, 0.6) is 0 Å². The summed E-state index contributed by atoms with van der Waals surface area (Å²) in [6, 6.07) is 10.2. The van der Waals surface area contributed by atoms with Crippen LogP contribution in [0.3, 0.4) is 0 Å². The Hall–Kier alpha value is -1.32. The summed E-state index contributed by atoms with van der Waals surface area (Å²) >= 11 is 1.43. The molecule has 0 saturated heterocycles. The van der Waals surface area contributed by atoms with Crippen molar-refractivity contribution in [2.75, 3.05) is 32.2 Å². The second-order valence-corrected chi connectivity index (χ2v) is 13.8. The number of hydrogen-bond acceptors (Lipinski definition) is 6.